The Kier molecular flexibility index (Phi) is 6.24. The third-order valence-corrected chi connectivity index (χ3v) is 13.1. The van der Waals surface area contributed by atoms with Crippen molar-refractivity contribution in [1.82, 2.24) is 0 Å². The van der Waals surface area contributed by atoms with E-state index in [1.165, 1.54) is 44.6 Å². The Morgan fingerprint density at radius 3 is 2.12 bits per heavy atom. The third kappa shape index (κ3) is 3.49. The number of hydrogen-bond acceptors (Lipinski definition) is 2. The van der Waals surface area contributed by atoms with Gasteiger partial charge in [0.2, 0.25) is 0 Å². The van der Waals surface area contributed by atoms with Crippen molar-refractivity contribution in [2.75, 3.05) is 0 Å². The molecule has 0 spiro atoms. The lowest BCUT2D eigenvalue weighted by atomic mass is 9.32. The standard InChI is InChI=1S/C31H52O3/c1-19(18-25(33)34)20(2)26-21-10-11-23-29(7)14-13-24(32)28(5,6)22(29)12-15-31(23,9)30(21,8)17-16-27(26,3)4/h18,20-24,26,32H,10-17H2,1-9H3,(H,33,34). The summed E-state index contributed by atoms with van der Waals surface area (Å²) in [6.07, 6.45) is 11.0. The quantitative estimate of drug-likeness (QED) is 0.413. The Morgan fingerprint density at radius 2 is 1.50 bits per heavy atom. The summed E-state index contributed by atoms with van der Waals surface area (Å²) in [4.78, 5) is 11.5. The van der Waals surface area contributed by atoms with Gasteiger partial charge < -0.3 is 10.2 Å². The molecular formula is C31H52O3. The number of rotatable bonds is 3. The van der Waals surface area contributed by atoms with Gasteiger partial charge in [-0.15, -0.1) is 0 Å². The van der Waals surface area contributed by atoms with Crippen LogP contribution in [0.25, 0.3) is 0 Å². The summed E-state index contributed by atoms with van der Waals surface area (Å²) in [7, 11) is 0. The van der Waals surface area contributed by atoms with E-state index in [2.05, 4.69) is 55.4 Å². The van der Waals surface area contributed by atoms with Crippen molar-refractivity contribution in [2.24, 2.45) is 56.7 Å². The number of aliphatic carboxylic acids is 1. The molecule has 3 nitrogen and oxygen atoms in total. The molecule has 0 radical (unpaired) electrons. The zero-order valence-corrected chi connectivity index (χ0v) is 23.5. The fraction of sp³-hybridized carbons (Fsp3) is 0.903. The zero-order chi connectivity index (χ0) is 25.5. The van der Waals surface area contributed by atoms with E-state index < -0.39 is 5.97 Å². The summed E-state index contributed by atoms with van der Waals surface area (Å²) in [6, 6.07) is 0. The SMILES string of the molecule is CC(=CC(=O)O)C(C)C1C2CCC3C4(C)CCC(O)C(C)(C)C4CCC3(C)C2(C)CCC1(C)C. The minimum atomic E-state index is -0.815. The van der Waals surface area contributed by atoms with Crippen molar-refractivity contribution in [3.63, 3.8) is 0 Å². The van der Waals surface area contributed by atoms with Crippen molar-refractivity contribution in [3.05, 3.63) is 11.6 Å². The van der Waals surface area contributed by atoms with Gasteiger partial charge in [0.1, 0.15) is 0 Å². The number of aliphatic hydroxyl groups is 1. The average molecular weight is 473 g/mol. The summed E-state index contributed by atoms with van der Waals surface area (Å²) in [5.41, 5.74) is 2.13. The lowest BCUT2D eigenvalue weighted by molar-refractivity contribution is -0.248. The Bertz CT molecular complexity index is 855. The smallest absolute Gasteiger partial charge is 0.328 e. The van der Waals surface area contributed by atoms with Crippen molar-refractivity contribution < 1.29 is 15.0 Å². The van der Waals surface area contributed by atoms with Gasteiger partial charge in [-0.1, -0.05) is 61.0 Å². The summed E-state index contributed by atoms with van der Waals surface area (Å²) in [6.45, 7) is 21.7. The van der Waals surface area contributed by atoms with Crippen LogP contribution < -0.4 is 0 Å². The Hall–Kier alpha value is -0.830. The number of allylic oxidation sites excluding steroid dienone is 1. The first-order valence-electron chi connectivity index (χ1n) is 14.1. The predicted octanol–water partition coefficient (Wildman–Crippen LogP) is 7.73. The van der Waals surface area contributed by atoms with Crippen molar-refractivity contribution in [2.45, 2.75) is 120 Å². The maximum absolute atomic E-state index is 11.5. The second-order valence-electron chi connectivity index (χ2n) is 15.1. The number of carboxylic acid groups (broad SMARTS) is 1. The van der Waals surface area contributed by atoms with Crippen LogP contribution in [0, 0.1) is 56.7 Å². The monoisotopic (exact) mass is 472 g/mol. The first-order chi connectivity index (χ1) is 15.5. The number of carboxylic acids is 1. The van der Waals surface area contributed by atoms with Crippen LogP contribution in [-0.2, 0) is 4.79 Å². The second kappa shape index (κ2) is 8.09. The summed E-state index contributed by atoms with van der Waals surface area (Å²) >= 11 is 0. The lowest BCUT2D eigenvalue weighted by Crippen LogP contribution is -2.66. The van der Waals surface area contributed by atoms with E-state index in [0.717, 1.165) is 18.4 Å². The molecule has 0 aliphatic heterocycles. The van der Waals surface area contributed by atoms with Crippen molar-refractivity contribution >= 4 is 5.97 Å². The fourth-order valence-electron chi connectivity index (χ4n) is 10.9. The molecule has 0 saturated heterocycles. The highest BCUT2D eigenvalue weighted by molar-refractivity contribution is 5.80. The summed E-state index contributed by atoms with van der Waals surface area (Å²) in [5, 5.41) is 20.4. The van der Waals surface area contributed by atoms with Crippen LogP contribution in [0.2, 0.25) is 0 Å². The van der Waals surface area contributed by atoms with Crippen LogP contribution in [0.4, 0.5) is 0 Å². The van der Waals surface area contributed by atoms with E-state index in [9.17, 15) is 15.0 Å². The minimum Gasteiger partial charge on any atom is -0.478 e. The van der Waals surface area contributed by atoms with Crippen molar-refractivity contribution in [1.29, 1.82) is 0 Å². The zero-order valence-electron chi connectivity index (χ0n) is 23.5. The van der Waals surface area contributed by atoms with Gasteiger partial charge in [0, 0.05) is 6.08 Å². The third-order valence-electron chi connectivity index (χ3n) is 13.1. The maximum Gasteiger partial charge on any atom is 0.328 e. The van der Waals surface area contributed by atoms with Gasteiger partial charge in [-0.05, 0) is 115 Å². The van der Waals surface area contributed by atoms with Gasteiger partial charge in [-0.2, -0.15) is 0 Å². The molecule has 4 aliphatic carbocycles. The molecule has 4 aliphatic rings. The van der Waals surface area contributed by atoms with Crippen LogP contribution in [0.3, 0.4) is 0 Å². The molecule has 2 N–H and O–H groups in total. The van der Waals surface area contributed by atoms with Gasteiger partial charge in [0.05, 0.1) is 6.10 Å². The van der Waals surface area contributed by atoms with Crippen LogP contribution in [0.1, 0.15) is 114 Å². The van der Waals surface area contributed by atoms with E-state index >= 15 is 0 Å². The van der Waals surface area contributed by atoms with E-state index in [1.807, 2.05) is 6.92 Å². The molecule has 0 amide bonds. The first kappa shape index (κ1) is 26.2. The lowest BCUT2D eigenvalue weighted by Gasteiger charge is -2.73. The van der Waals surface area contributed by atoms with E-state index in [0.29, 0.717) is 34.5 Å². The molecule has 194 valence electrons. The molecule has 4 fully saturated rings. The van der Waals surface area contributed by atoms with Gasteiger partial charge in [0.15, 0.2) is 0 Å². The number of aliphatic hydroxyl groups excluding tert-OH is 1. The van der Waals surface area contributed by atoms with Crippen molar-refractivity contribution in [3.8, 4) is 0 Å². The largest absolute Gasteiger partial charge is 0.478 e. The molecular weight excluding hydrogens is 420 g/mol. The van der Waals surface area contributed by atoms with E-state index in [1.54, 1.807) is 0 Å². The highest BCUT2D eigenvalue weighted by atomic mass is 16.4. The fourth-order valence-corrected chi connectivity index (χ4v) is 10.9. The summed E-state index contributed by atoms with van der Waals surface area (Å²) < 4.78 is 0. The Labute approximate surface area is 209 Å². The molecule has 9 unspecified atom stereocenters. The normalized spacial score (nSPS) is 48.8. The number of fused-ring (bicyclic) bond motifs is 5. The molecule has 0 aromatic rings. The molecule has 9 atom stereocenters. The molecule has 3 heteroatoms. The van der Waals surface area contributed by atoms with Crippen LogP contribution in [-0.4, -0.2) is 22.3 Å². The average Bonchev–Trinajstić information content (AvgIpc) is 2.71. The van der Waals surface area contributed by atoms with E-state index in [4.69, 9.17) is 0 Å². The Morgan fingerprint density at radius 1 is 0.853 bits per heavy atom. The van der Waals surface area contributed by atoms with E-state index in [-0.39, 0.29) is 28.3 Å². The highest BCUT2D eigenvalue weighted by Gasteiger charge is 2.69. The maximum atomic E-state index is 11.5. The van der Waals surface area contributed by atoms with Crippen LogP contribution in [0.5, 0.6) is 0 Å². The number of carbonyl (C=O) groups is 1. The molecule has 0 aromatic heterocycles. The molecule has 0 heterocycles. The Balaban J connectivity index is 1.74. The second-order valence-corrected chi connectivity index (χ2v) is 15.1. The molecule has 34 heavy (non-hydrogen) atoms. The summed E-state index contributed by atoms with van der Waals surface area (Å²) in [5.74, 6) is 1.91. The topological polar surface area (TPSA) is 57.5 Å². The van der Waals surface area contributed by atoms with Gasteiger partial charge >= 0.3 is 5.97 Å². The number of hydrogen-bond donors (Lipinski definition) is 2. The predicted molar refractivity (Wildman–Crippen MR) is 139 cm³/mol. The van der Waals surface area contributed by atoms with Gasteiger partial charge in [0.25, 0.3) is 0 Å². The molecule has 0 bridgehead atoms. The van der Waals surface area contributed by atoms with Gasteiger partial charge in [-0.3, -0.25) is 0 Å². The molecule has 4 saturated carbocycles. The molecule has 4 rings (SSSR count). The van der Waals surface area contributed by atoms with Crippen LogP contribution in [0.15, 0.2) is 11.6 Å². The van der Waals surface area contributed by atoms with Gasteiger partial charge in [-0.25, -0.2) is 4.79 Å². The van der Waals surface area contributed by atoms with Crippen LogP contribution >= 0.6 is 0 Å². The molecule has 0 aromatic carbocycles. The highest BCUT2D eigenvalue weighted by Crippen LogP contribution is 2.76. The minimum absolute atomic E-state index is 0.00354. The first-order valence-corrected chi connectivity index (χ1v) is 14.1.